The maximum absolute atomic E-state index is 14.4. The summed E-state index contributed by atoms with van der Waals surface area (Å²) in [4.78, 5) is 89.0. The average Bonchev–Trinajstić information content (AvgIpc) is 3.73. The minimum absolute atomic E-state index is 0.0172. The number of carbonyl (C=O) groups excluding carboxylic acids is 5. The molecule has 0 radical (unpaired) electrons. The highest BCUT2D eigenvalue weighted by molar-refractivity contribution is 6.04. The van der Waals surface area contributed by atoms with Crippen molar-refractivity contribution in [1.29, 1.82) is 0 Å². The number of carboxylic acids is 1. The Morgan fingerprint density at radius 2 is 1.60 bits per heavy atom. The van der Waals surface area contributed by atoms with Gasteiger partial charge in [-0.25, -0.2) is 9.59 Å². The summed E-state index contributed by atoms with van der Waals surface area (Å²) in [6.45, 7) is 16.5. The summed E-state index contributed by atoms with van der Waals surface area (Å²) in [6, 6.07) is 7.56. The van der Waals surface area contributed by atoms with Gasteiger partial charge < -0.3 is 35.7 Å². The fourth-order valence-electron chi connectivity index (χ4n) is 13.3. The molecule has 4 amide bonds. The molecule has 3 saturated carbocycles. The van der Waals surface area contributed by atoms with Crippen molar-refractivity contribution in [2.75, 3.05) is 18.1 Å². The number of hydrogen-bond acceptors (Lipinski definition) is 11. The minimum atomic E-state index is -1.74. The van der Waals surface area contributed by atoms with E-state index in [1.54, 1.807) is 19.4 Å². The molecule has 17 heteroatoms. The number of carbonyl (C=O) groups is 6. The van der Waals surface area contributed by atoms with Gasteiger partial charge in [-0.2, -0.15) is 0 Å². The van der Waals surface area contributed by atoms with E-state index in [1.807, 2.05) is 0 Å². The van der Waals surface area contributed by atoms with E-state index >= 15 is 0 Å². The first kappa shape index (κ1) is 58.4. The van der Waals surface area contributed by atoms with Gasteiger partial charge in [0, 0.05) is 43.8 Å². The zero-order valence-corrected chi connectivity index (χ0v) is 45.3. The SMILES string of the molecule is CC[C@H](C)[C@H](NC(=O)CCC(=O)NCCCOC1CC[C@@]2(C)C(=CC[C@H]3[C@@H]4CC[C@H]([C@H](C)CCCC(C)C)[C@@]4(C)CC[C@@H]32)C1)C(=O)N(c1ccc(COC(=O)Oc2ccc([N+](=O)[O-])cc2)cc1)[C@@H](CC(N)=O)C(=O)O. The van der Waals surface area contributed by atoms with Crippen LogP contribution in [0.1, 0.15) is 157 Å². The number of nitro benzene ring substituents is 1. The number of hydrogen-bond donors (Lipinski definition) is 4. The number of nitrogens with zero attached hydrogens (tertiary/aromatic N) is 2. The fourth-order valence-corrected chi connectivity index (χ4v) is 13.3. The largest absolute Gasteiger partial charge is 0.514 e. The van der Waals surface area contributed by atoms with Crippen molar-refractivity contribution in [3.8, 4) is 5.75 Å². The third kappa shape index (κ3) is 14.8. The van der Waals surface area contributed by atoms with Crippen LogP contribution in [0.3, 0.4) is 0 Å². The standard InChI is InChI=1S/C58H83N5O12/c1-8-37(4)53(54(67)62(49(55(68)69)34-50(59)64)41-16-13-39(14-17-41)35-74-56(70)75-43-20-18-42(19-21-43)63(71)72)61-52(66)26-25-51(65)60-31-10-32-73-44-27-29-57(6)40(33-44)15-22-45-47-24-23-46(38(5)12-9-11-36(2)3)58(47,7)30-28-48(45)57/h13-21,36-38,44-49,53H,8-12,22-35H2,1-7H3,(H2,59,64)(H,60,65)(H,61,66)(H,68,69)/t37-,38+,44?,45-,46+,47-,48-,49-,53-,57-,58+/m0/s1. The van der Waals surface area contributed by atoms with Gasteiger partial charge in [0.2, 0.25) is 17.7 Å². The number of ether oxygens (including phenoxy) is 3. The monoisotopic (exact) mass is 1040 g/mol. The van der Waals surface area contributed by atoms with E-state index in [2.05, 4.69) is 51.3 Å². The Labute approximate surface area is 443 Å². The lowest BCUT2D eigenvalue weighted by atomic mass is 9.47. The lowest BCUT2D eigenvalue weighted by molar-refractivity contribution is -0.384. The van der Waals surface area contributed by atoms with E-state index in [9.17, 15) is 44.0 Å². The Bertz CT molecular complexity index is 2360. The summed E-state index contributed by atoms with van der Waals surface area (Å²) in [5.74, 6) is 0.0882. The highest BCUT2D eigenvalue weighted by atomic mass is 16.7. The van der Waals surface area contributed by atoms with Crippen molar-refractivity contribution >= 4 is 47.1 Å². The summed E-state index contributed by atoms with van der Waals surface area (Å²) in [5, 5.41) is 26.8. The summed E-state index contributed by atoms with van der Waals surface area (Å²) in [6.07, 6.45) is 15.5. The van der Waals surface area contributed by atoms with Crippen molar-refractivity contribution in [3.63, 3.8) is 0 Å². The molecule has 0 bridgehead atoms. The molecule has 0 heterocycles. The smallest absolute Gasteiger partial charge is 0.480 e. The molecule has 4 aliphatic rings. The Morgan fingerprint density at radius 3 is 2.25 bits per heavy atom. The number of anilines is 1. The van der Waals surface area contributed by atoms with Crippen molar-refractivity contribution in [1.82, 2.24) is 10.6 Å². The summed E-state index contributed by atoms with van der Waals surface area (Å²) in [5.41, 5.74) is 8.03. The van der Waals surface area contributed by atoms with Crippen LogP contribution in [0.5, 0.6) is 5.75 Å². The van der Waals surface area contributed by atoms with Crippen LogP contribution in [0, 0.1) is 62.4 Å². The molecule has 6 rings (SSSR count). The van der Waals surface area contributed by atoms with E-state index in [0.717, 1.165) is 59.7 Å². The van der Waals surface area contributed by atoms with Crippen LogP contribution in [-0.2, 0) is 40.1 Å². The number of nitrogens with one attached hydrogen (secondary N) is 2. The second kappa shape index (κ2) is 26.3. The predicted octanol–water partition coefficient (Wildman–Crippen LogP) is 10.2. The minimum Gasteiger partial charge on any atom is -0.480 e. The normalized spacial score (nSPS) is 25.4. The fraction of sp³-hybridized carbons (Fsp3) is 0.655. The van der Waals surface area contributed by atoms with Gasteiger partial charge in [-0.15, -0.1) is 0 Å². The highest BCUT2D eigenvalue weighted by Crippen LogP contribution is 2.67. The van der Waals surface area contributed by atoms with Gasteiger partial charge in [0.1, 0.15) is 24.4 Å². The molecule has 17 nitrogen and oxygen atoms in total. The molecule has 0 aliphatic heterocycles. The quantitative estimate of drug-likeness (QED) is 0.0172. The third-order valence-corrected chi connectivity index (χ3v) is 17.7. The van der Waals surface area contributed by atoms with E-state index in [0.29, 0.717) is 37.0 Å². The Hall–Kier alpha value is -5.84. The Morgan fingerprint density at radius 1 is 0.893 bits per heavy atom. The van der Waals surface area contributed by atoms with Crippen LogP contribution in [0.4, 0.5) is 16.2 Å². The van der Waals surface area contributed by atoms with Crippen LogP contribution in [0.25, 0.3) is 0 Å². The zero-order valence-electron chi connectivity index (χ0n) is 45.3. The number of amides is 4. The zero-order chi connectivity index (χ0) is 54.6. The van der Waals surface area contributed by atoms with E-state index < -0.39 is 59.2 Å². The lowest BCUT2D eigenvalue weighted by Gasteiger charge is -2.58. The van der Waals surface area contributed by atoms with E-state index in [-0.39, 0.29) is 54.0 Å². The number of nitro groups is 1. The molecule has 1 unspecified atom stereocenters. The molecule has 412 valence electrons. The van der Waals surface area contributed by atoms with Gasteiger partial charge >= 0.3 is 12.1 Å². The number of nitrogens with two attached hydrogens (primary N) is 1. The van der Waals surface area contributed by atoms with Crippen molar-refractivity contribution < 1.29 is 53.0 Å². The first-order valence-corrected chi connectivity index (χ1v) is 27.5. The molecular weight excluding hydrogens is 959 g/mol. The number of carboxylic acid groups (broad SMARTS) is 1. The number of non-ortho nitro benzene ring substituents is 1. The maximum Gasteiger partial charge on any atom is 0.514 e. The molecule has 3 fully saturated rings. The van der Waals surface area contributed by atoms with Crippen molar-refractivity contribution in [2.45, 2.75) is 176 Å². The number of fused-ring (bicyclic) bond motifs is 5. The first-order valence-electron chi connectivity index (χ1n) is 27.5. The summed E-state index contributed by atoms with van der Waals surface area (Å²) < 4.78 is 16.7. The maximum atomic E-state index is 14.4. The van der Waals surface area contributed by atoms with Crippen molar-refractivity contribution in [2.24, 2.45) is 58.0 Å². The van der Waals surface area contributed by atoms with E-state index in [1.165, 1.54) is 99.9 Å². The molecular formula is C58H83N5O12. The van der Waals surface area contributed by atoms with E-state index in [4.69, 9.17) is 19.9 Å². The molecule has 0 spiro atoms. The molecule has 5 N–H and O–H groups in total. The van der Waals surface area contributed by atoms with Gasteiger partial charge in [-0.05, 0) is 140 Å². The molecule has 2 aromatic rings. The number of benzene rings is 2. The Kier molecular flexibility index (Phi) is 20.5. The van der Waals surface area contributed by atoms with Crippen molar-refractivity contribution in [3.05, 3.63) is 75.9 Å². The second-order valence-corrected chi connectivity index (χ2v) is 23.0. The molecule has 0 aromatic heterocycles. The van der Waals surface area contributed by atoms with Crippen LogP contribution < -0.4 is 26.0 Å². The summed E-state index contributed by atoms with van der Waals surface area (Å²) in [7, 11) is 0. The molecule has 11 atom stereocenters. The van der Waals surface area contributed by atoms with Gasteiger partial charge in [0.25, 0.3) is 11.6 Å². The number of allylic oxidation sites excluding steroid dienone is 1. The second-order valence-electron chi connectivity index (χ2n) is 23.0. The number of primary amides is 1. The molecule has 75 heavy (non-hydrogen) atoms. The number of rotatable bonds is 26. The predicted molar refractivity (Wildman–Crippen MR) is 284 cm³/mol. The van der Waals surface area contributed by atoms with Gasteiger partial charge in [0.05, 0.1) is 17.4 Å². The topological polar surface area (TPSA) is 247 Å². The highest BCUT2D eigenvalue weighted by Gasteiger charge is 2.59. The van der Waals surface area contributed by atoms with Gasteiger partial charge in [-0.3, -0.25) is 34.2 Å². The Balaban J connectivity index is 0.956. The van der Waals surface area contributed by atoms with Crippen LogP contribution in [0.2, 0.25) is 0 Å². The van der Waals surface area contributed by atoms with Gasteiger partial charge in [-0.1, -0.05) is 97.9 Å². The van der Waals surface area contributed by atoms with Crippen LogP contribution in [0.15, 0.2) is 60.2 Å². The third-order valence-electron chi connectivity index (χ3n) is 17.7. The van der Waals surface area contributed by atoms with Gasteiger partial charge in [0.15, 0.2) is 0 Å². The van der Waals surface area contributed by atoms with Crippen LogP contribution >= 0.6 is 0 Å². The summed E-state index contributed by atoms with van der Waals surface area (Å²) >= 11 is 0. The molecule has 4 aliphatic carbocycles. The number of aliphatic carboxylic acids is 1. The average molecular weight is 1040 g/mol. The molecule has 0 saturated heterocycles. The first-order chi connectivity index (χ1) is 35.6. The lowest BCUT2D eigenvalue weighted by Crippen LogP contribution is -2.57. The van der Waals surface area contributed by atoms with Crippen LogP contribution in [-0.4, -0.2) is 77.1 Å². The molecule has 2 aromatic carbocycles.